The van der Waals surface area contributed by atoms with Crippen LogP contribution in [-0.4, -0.2) is 62.2 Å². The third-order valence-electron chi connectivity index (χ3n) is 4.20. The van der Waals surface area contributed by atoms with Crippen molar-refractivity contribution in [3.05, 3.63) is 33.6 Å². The lowest BCUT2D eigenvalue weighted by atomic mass is 10.2. The van der Waals surface area contributed by atoms with Crippen LogP contribution in [-0.2, 0) is 11.2 Å². The number of likely N-dealkylation sites (N-methyl/N-ethyl adjacent to an activating group) is 1. The average Bonchev–Trinajstić information content (AvgIpc) is 3.18. The normalized spacial score (nSPS) is 15.2. The van der Waals surface area contributed by atoms with E-state index in [1.165, 1.54) is 4.88 Å². The Labute approximate surface area is 163 Å². The van der Waals surface area contributed by atoms with Crippen LogP contribution < -0.4 is 20.8 Å². The molecule has 1 aliphatic heterocycles. The zero-order valence-corrected chi connectivity index (χ0v) is 16.6. The molecule has 3 N–H and O–H groups in total. The fraction of sp³-hybridized carbons (Fsp3) is 0.500. The van der Waals surface area contributed by atoms with Crippen molar-refractivity contribution in [3.8, 4) is 5.88 Å². The van der Waals surface area contributed by atoms with Gasteiger partial charge in [0.05, 0.1) is 18.1 Å². The molecule has 3 heterocycles. The van der Waals surface area contributed by atoms with Crippen LogP contribution in [0.25, 0.3) is 0 Å². The number of hydrogen-bond acceptors (Lipinski definition) is 9. The molecule has 0 aromatic carbocycles. The summed E-state index contributed by atoms with van der Waals surface area (Å²) in [5.41, 5.74) is 1.31. The van der Waals surface area contributed by atoms with E-state index in [-0.39, 0.29) is 0 Å². The summed E-state index contributed by atoms with van der Waals surface area (Å²) in [4.78, 5) is 13.7. The molecule has 1 aliphatic rings. The number of nitrogens with zero attached hydrogens (tertiary/aromatic N) is 4. The van der Waals surface area contributed by atoms with Crippen molar-refractivity contribution >= 4 is 23.0 Å². The predicted molar refractivity (Wildman–Crippen MR) is 108 cm³/mol. The van der Waals surface area contributed by atoms with Gasteiger partial charge in [0.25, 0.3) is 0 Å². The molecule has 0 unspecified atom stereocenters. The summed E-state index contributed by atoms with van der Waals surface area (Å²) in [7, 11) is 1.88. The van der Waals surface area contributed by atoms with Crippen LogP contribution in [0.4, 0.5) is 5.95 Å². The van der Waals surface area contributed by atoms with Crippen molar-refractivity contribution in [2.45, 2.75) is 13.3 Å². The van der Waals surface area contributed by atoms with Crippen LogP contribution in [0, 0.1) is 0 Å². The van der Waals surface area contributed by atoms with Gasteiger partial charge in [0.15, 0.2) is 0 Å². The van der Waals surface area contributed by atoms with Crippen LogP contribution >= 0.6 is 11.3 Å². The van der Waals surface area contributed by atoms with Crippen molar-refractivity contribution in [2.75, 3.05) is 51.4 Å². The van der Waals surface area contributed by atoms with Gasteiger partial charge in [-0.3, -0.25) is 0 Å². The fourth-order valence-electron chi connectivity index (χ4n) is 2.72. The van der Waals surface area contributed by atoms with Crippen LogP contribution in [0.15, 0.2) is 23.3 Å². The third kappa shape index (κ3) is 4.94. The lowest BCUT2D eigenvalue weighted by Crippen LogP contribution is -2.37. The van der Waals surface area contributed by atoms with Gasteiger partial charge >= 0.3 is 0 Å². The number of aryl methyl sites for hydroxylation is 1. The number of hydrogen-bond donors (Lipinski definition) is 2. The number of aromatic nitrogens is 2. The number of anilines is 1. The second-order valence-electron chi connectivity index (χ2n) is 6.04. The molecule has 0 spiro atoms. The second-order valence-corrected chi connectivity index (χ2v) is 7.21. The summed E-state index contributed by atoms with van der Waals surface area (Å²) in [6.07, 6.45) is 0.976. The number of nitrogens with two attached hydrogens (primary N) is 1. The molecule has 2 aromatic rings. The Morgan fingerprint density at radius 2 is 2.19 bits per heavy atom. The zero-order chi connectivity index (χ0) is 19.1. The molecule has 146 valence electrons. The highest BCUT2D eigenvalue weighted by atomic mass is 32.1. The molecular weight excluding hydrogens is 364 g/mol. The van der Waals surface area contributed by atoms with Crippen molar-refractivity contribution in [1.29, 1.82) is 0 Å². The van der Waals surface area contributed by atoms with Crippen LogP contribution in [0.1, 0.15) is 22.4 Å². The summed E-state index contributed by atoms with van der Waals surface area (Å²) in [5, 5.41) is 7.09. The smallest absolute Gasteiger partial charge is 0.229 e. The Morgan fingerprint density at radius 1 is 1.37 bits per heavy atom. The number of morpholine rings is 1. The second kappa shape index (κ2) is 9.63. The van der Waals surface area contributed by atoms with Crippen molar-refractivity contribution in [1.82, 2.24) is 15.3 Å². The SMILES string of the molecule is CCc1ccc(/C(=N/N)c2cc(OCCNC)nc(N3CCOCC3)n2)s1. The molecule has 0 bridgehead atoms. The predicted octanol–water partition coefficient (Wildman–Crippen LogP) is 1.25. The monoisotopic (exact) mass is 390 g/mol. The largest absolute Gasteiger partial charge is 0.476 e. The van der Waals surface area contributed by atoms with Gasteiger partial charge in [0.1, 0.15) is 18.0 Å². The van der Waals surface area contributed by atoms with E-state index in [4.69, 9.17) is 20.3 Å². The van der Waals surface area contributed by atoms with Crippen LogP contribution in [0.5, 0.6) is 5.88 Å². The van der Waals surface area contributed by atoms with Gasteiger partial charge in [-0.25, -0.2) is 4.98 Å². The van der Waals surface area contributed by atoms with Gasteiger partial charge in [-0.1, -0.05) is 6.92 Å². The van der Waals surface area contributed by atoms with E-state index < -0.39 is 0 Å². The molecule has 0 atom stereocenters. The van der Waals surface area contributed by atoms with E-state index in [9.17, 15) is 0 Å². The summed E-state index contributed by atoms with van der Waals surface area (Å²) in [6, 6.07) is 5.93. The molecule has 2 aromatic heterocycles. The van der Waals surface area contributed by atoms with Crippen LogP contribution in [0.3, 0.4) is 0 Å². The minimum atomic E-state index is 0.517. The number of nitrogens with one attached hydrogen (secondary N) is 1. The summed E-state index contributed by atoms with van der Waals surface area (Å²) in [5.74, 6) is 6.87. The maximum Gasteiger partial charge on any atom is 0.229 e. The first-order valence-corrected chi connectivity index (χ1v) is 9.93. The molecule has 0 saturated carbocycles. The third-order valence-corrected chi connectivity index (χ3v) is 5.44. The van der Waals surface area contributed by atoms with E-state index in [1.54, 1.807) is 17.4 Å². The topological polar surface area (TPSA) is 97.9 Å². The first-order valence-electron chi connectivity index (χ1n) is 9.11. The van der Waals surface area contributed by atoms with Gasteiger partial charge in [0.2, 0.25) is 11.8 Å². The Hall–Kier alpha value is -2.23. The van der Waals surface area contributed by atoms with E-state index in [0.29, 0.717) is 43.1 Å². The molecule has 9 heteroatoms. The molecule has 27 heavy (non-hydrogen) atoms. The molecule has 8 nitrogen and oxygen atoms in total. The number of rotatable bonds is 8. The lowest BCUT2D eigenvalue weighted by molar-refractivity contribution is 0.122. The fourth-order valence-corrected chi connectivity index (χ4v) is 3.67. The Kier molecular flexibility index (Phi) is 6.97. The Balaban J connectivity index is 1.94. The minimum absolute atomic E-state index is 0.517. The quantitative estimate of drug-likeness (QED) is 0.303. The highest BCUT2D eigenvalue weighted by Crippen LogP contribution is 2.24. The van der Waals surface area contributed by atoms with Gasteiger partial charge in [-0.15, -0.1) is 11.3 Å². The molecular formula is C18H26N6O2S. The van der Waals surface area contributed by atoms with Crippen LogP contribution in [0.2, 0.25) is 0 Å². The van der Waals surface area contributed by atoms with Gasteiger partial charge in [-0.2, -0.15) is 10.1 Å². The Morgan fingerprint density at radius 3 is 2.85 bits per heavy atom. The maximum absolute atomic E-state index is 5.81. The minimum Gasteiger partial charge on any atom is -0.476 e. The van der Waals surface area contributed by atoms with Gasteiger partial charge < -0.3 is 25.5 Å². The van der Waals surface area contributed by atoms with E-state index in [2.05, 4.69) is 33.3 Å². The first-order chi connectivity index (χ1) is 13.2. The van der Waals surface area contributed by atoms with Crippen molar-refractivity contribution in [2.24, 2.45) is 10.9 Å². The maximum atomic E-state index is 5.81. The zero-order valence-electron chi connectivity index (χ0n) is 15.8. The van der Waals surface area contributed by atoms with E-state index >= 15 is 0 Å². The first kappa shape index (κ1) is 19.5. The average molecular weight is 391 g/mol. The molecule has 0 radical (unpaired) electrons. The summed E-state index contributed by atoms with van der Waals surface area (Å²) in [6.45, 7) is 6.18. The summed E-state index contributed by atoms with van der Waals surface area (Å²) < 4.78 is 11.2. The molecule has 1 fully saturated rings. The highest BCUT2D eigenvalue weighted by Gasteiger charge is 2.19. The van der Waals surface area contributed by atoms with Gasteiger partial charge in [-0.05, 0) is 25.6 Å². The molecule has 0 amide bonds. The number of thiophene rings is 1. The summed E-state index contributed by atoms with van der Waals surface area (Å²) >= 11 is 1.67. The number of ether oxygens (including phenoxy) is 2. The Bertz CT molecular complexity index is 773. The standard InChI is InChI=1S/C18H26N6O2S/c1-3-13-4-5-15(27-13)17(23-19)14-12-16(26-9-6-20-2)22-18(21-14)24-7-10-25-11-8-24/h4-5,12,20H,3,6-11,19H2,1-2H3/b23-17+. The van der Waals surface area contributed by atoms with Crippen molar-refractivity contribution < 1.29 is 9.47 Å². The molecule has 1 saturated heterocycles. The van der Waals surface area contributed by atoms with Crippen molar-refractivity contribution in [3.63, 3.8) is 0 Å². The van der Waals surface area contributed by atoms with E-state index in [1.807, 2.05) is 13.1 Å². The number of hydrazone groups is 1. The van der Waals surface area contributed by atoms with Gasteiger partial charge in [0, 0.05) is 30.6 Å². The highest BCUT2D eigenvalue weighted by molar-refractivity contribution is 7.14. The molecule has 0 aliphatic carbocycles. The van der Waals surface area contributed by atoms with E-state index in [0.717, 1.165) is 30.9 Å². The molecule has 3 rings (SSSR count). The lowest BCUT2D eigenvalue weighted by Gasteiger charge is -2.27.